The summed E-state index contributed by atoms with van der Waals surface area (Å²) < 4.78 is 38.5. The van der Waals surface area contributed by atoms with E-state index < -0.39 is 23.4 Å². The summed E-state index contributed by atoms with van der Waals surface area (Å²) in [4.78, 5) is 14.3. The van der Waals surface area contributed by atoms with Gasteiger partial charge in [0, 0.05) is 6.20 Å². The van der Waals surface area contributed by atoms with Crippen molar-refractivity contribution in [1.29, 1.82) is 0 Å². The van der Waals surface area contributed by atoms with Crippen LogP contribution in [0.4, 0.5) is 13.2 Å². The summed E-state index contributed by atoms with van der Waals surface area (Å²) in [5.41, 5.74) is -1.48. The first-order chi connectivity index (χ1) is 7.82. The second kappa shape index (κ2) is 3.44. The Morgan fingerprint density at radius 2 is 2.06 bits per heavy atom. The second-order valence-electron chi connectivity index (χ2n) is 3.35. The van der Waals surface area contributed by atoms with Crippen LogP contribution in [-0.4, -0.2) is 25.7 Å². The van der Waals surface area contributed by atoms with Crippen LogP contribution in [0.15, 0.2) is 12.4 Å². The summed E-state index contributed by atoms with van der Waals surface area (Å²) in [5, 5.41) is 12.3. The molecule has 0 fully saturated rings. The van der Waals surface area contributed by atoms with Crippen molar-refractivity contribution < 1.29 is 23.1 Å². The second-order valence-corrected chi connectivity index (χ2v) is 3.35. The Kier molecular flexibility index (Phi) is 2.30. The van der Waals surface area contributed by atoms with Crippen molar-refractivity contribution >= 4 is 11.6 Å². The van der Waals surface area contributed by atoms with Gasteiger partial charge in [0.25, 0.3) is 0 Å². The number of fused-ring (bicyclic) bond motifs is 1. The minimum absolute atomic E-state index is 0.0954. The van der Waals surface area contributed by atoms with Crippen molar-refractivity contribution in [3.8, 4) is 0 Å². The molecule has 0 radical (unpaired) electrons. The third-order valence-corrected chi connectivity index (χ3v) is 2.30. The van der Waals surface area contributed by atoms with Gasteiger partial charge in [-0.2, -0.15) is 18.3 Å². The Balaban J connectivity index is 2.75. The zero-order chi connectivity index (χ0) is 12.8. The third kappa shape index (κ3) is 1.71. The lowest BCUT2D eigenvalue weighted by Gasteiger charge is -2.05. The van der Waals surface area contributed by atoms with Gasteiger partial charge in [-0.25, -0.2) is 14.3 Å². The van der Waals surface area contributed by atoms with E-state index in [9.17, 15) is 18.0 Å². The minimum atomic E-state index is -4.56. The molecule has 2 rings (SSSR count). The highest BCUT2D eigenvalue weighted by atomic mass is 19.4. The van der Waals surface area contributed by atoms with Crippen molar-refractivity contribution in [2.45, 2.75) is 13.1 Å². The number of carboxylic acid groups (broad SMARTS) is 1. The number of hydrogen-bond donors (Lipinski definition) is 1. The van der Waals surface area contributed by atoms with Gasteiger partial charge in [0.15, 0.2) is 5.65 Å². The van der Waals surface area contributed by atoms with Crippen LogP contribution in [-0.2, 0) is 6.18 Å². The highest BCUT2D eigenvalue weighted by molar-refractivity contribution is 5.88. The average molecular weight is 245 g/mol. The van der Waals surface area contributed by atoms with E-state index in [1.54, 1.807) is 0 Å². The quantitative estimate of drug-likeness (QED) is 0.831. The number of aryl methyl sites for hydroxylation is 1. The molecule has 2 aromatic rings. The van der Waals surface area contributed by atoms with Gasteiger partial charge in [-0.1, -0.05) is 0 Å². The zero-order valence-corrected chi connectivity index (χ0v) is 8.49. The number of aromatic carboxylic acids is 1. The smallest absolute Gasteiger partial charge is 0.421 e. The Morgan fingerprint density at radius 1 is 1.41 bits per heavy atom. The zero-order valence-electron chi connectivity index (χ0n) is 8.49. The molecule has 2 heterocycles. The molecule has 0 amide bonds. The van der Waals surface area contributed by atoms with Gasteiger partial charge in [-0.3, -0.25) is 0 Å². The Labute approximate surface area is 92.5 Å². The van der Waals surface area contributed by atoms with E-state index in [0.717, 1.165) is 10.7 Å². The summed E-state index contributed by atoms with van der Waals surface area (Å²) >= 11 is 0. The predicted octanol–water partition coefficient (Wildman–Crippen LogP) is 1.75. The molecule has 8 heteroatoms. The fourth-order valence-electron chi connectivity index (χ4n) is 1.45. The van der Waals surface area contributed by atoms with Gasteiger partial charge in [0.2, 0.25) is 0 Å². The summed E-state index contributed by atoms with van der Waals surface area (Å²) in [7, 11) is 0. The molecule has 17 heavy (non-hydrogen) atoms. The maximum absolute atomic E-state index is 12.5. The molecule has 1 N–H and O–H groups in total. The van der Waals surface area contributed by atoms with Gasteiger partial charge in [-0.05, 0) is 6.92 Å². The number of alkyl halides is 3. The summed E-state index contributed by atoms with van der Waals surface area (Å²) in [6.07, 6.45) is -3.04. The summed E-state index contributed by atoms with van der Waals surface area (Å²) in [6.45, 7) is 1.37. The minimum Gasteiger partial charge on any atom is -0.478 e. The van der Waals surface area contributed by atoms with Crippen molar-refractivity contribution in [3.63, 3.8) is 0 Å². The van der Waals surface area contributed by atoms with Gasteiger partial charge in [0.05, 0.1) is 17.5 Å². The standard InChI is InChI=1S/C9H6F3N3O2/c1-4-5(8(16)17)2-13-7-6(9(10,11)12)3-14-15(4)7/h2-3H,1H3,(H,16,17). The molecule has 0 aliphatic carbocycles. The van der Waals surface area contributed by atoms with Crippen LogP contribution in [0.5, 0.6) is 0 Å². The van der Waals surface area contributed by atoms with Crippen LogP contribution in [0.2, 0.25) is 0 Å². The molecule has 0 aromatic carbocycles. The first-order valence-corrected chi connectivity index (χ1v) is 4.46. The number of aromatic nitrogens is 3. The number of hydrogen-bond acceptors (Lipinski definition) is 3. The topological polar surface area (TPSA) is 67.5 Å². The monoisotopic (exact) mass is 245 g/mol. The van der Waals surface area contributed by atoms with Crippen LogP contribution in [0.1, 0.15) is 21.6 Å². The van der Waals surface area contributed by atoms with Gasteiger partial charge in [-0.15, -0.1) is 0 Å². The molecule has 0 aliphatic rings. The fraction of sp³-hybridized carbons (Fsp3) is 0.222. The average Bonchev–Trinajstić information content (AvgIpc) is 2.61. The summed E-state index contributed by atoms with van der Waals surface area (Å²) in [6, 6.07) is 0. The van der Waals surface area contributed by atoms with E-state index in [4.69, 9.17) is 5.11 Å². The highest BCUT2D eigenvalue weighted by Crippen LogP contribution is 2.31. The molecule has 0 spiro atoms. The molecule has 0 aliphatic heterocycles. The fourth-order valence-corrected chi connectivity index (χ4v) is 1.45. The Bertz CT molecular complexity index is 603. The molecule has 2 aromatic heterocycles. The molecular weight excluding hydrogens is 239 g/mol. The highest BCUT2D eigenvalue weighted by Gasteiger charge is 2.35. The van der Waals surface area contributed by atoms with Crippen LogP contribution in [0.25, 0.3) is 5.65 Å². The molecule has 0 saturated heterocycles. The van der Waals surface area contributed by atoms with Crippen molar-refractivity contribution in [2.75, 3.05) is 0 Å². The molecule has 0 atom stereocenters. The number of rotatable bonds is 1. The molecular formula is C9H6F3N3O2. The molecule has 90 valence electrons. The lowest BCUT2D eigenvalue weighted by atomic mass is 10.2. The predicted molar refractivity (Wildman–Crippen MR) is 49.7 cm³/mol. The van der Waals surface area contributed by atoms with Gasteiger partial charge < -0.3 is 5.11 Å². The number of halogens is 3. The van der Waals surface area contributed by atoms with Gasteiger partial charge in [0.1, 0.15) is 5.56 Å². The number of carbonyl (C=O) groups is 1. The lowest BCUT2D eigenvalue weighted by Crippen LogP contribution is -2.09. The lowest BCUT2D eigenvalue weighted by molar-refractivity contribution is -0.136. The van der Waals surface area contributed by atoms with Crippen molar-refractivity contribution in [3.05, 3.63) is 29.2 Å². The van der Waals surface area contributed by atoms with Crippen molar-refractivity contribution in [1.82, 2.24) is 14.6 Å². The van der Waals surface area contributed by atoms with Crippen LogP contribution >= 0.6 is 0 Å². The maximum Gasteiger partial charge on any atom is 0.421 e. The molecule has 5 nitrogen and oxygen atoms in total. The molecule has 0 unspecified atom stereocenters. The Hall–Kier alpha value is -2.12. The first kappa shape index (κ1) is 11.4. The van der Waals surface area contributed by atoms with Crippen LogP contribution in [0.3, 0.4) is 0 Å². The largest absolute Gasteiger partial charge is 0.478 e. The van der Waals surface area contributed by atoms with Crippen LogP contribution in [0, 0.1) is 6.92 Å². The number of carboxylic acids is 1. The van der Waals surface area contributed by atoms with E-state index in [-0.39, 0.29) is 11.3 Å². The maximum atomic E-state index is 12.5. The molecule has 0 saturated carbocycles. The SMILES string of the molecule is Cc1c(C(=O)O)cnc2c(C(F)(F)F)cnn12. The van der Waals surface area contributed by atoms with Crippen LogP contribution < -0.4 is 0 Å². The van der Waals surface area contributed by atoms with E-state index in [1.807, 2.05) is 0 Å². The van der Waals surface area contributed by atoms with E-state index in [2.05, 4.69) is 10.1 Å². The normalized spacial score (nSPS) is 12.0. The van der Waals surface area contributed by atoms with E-state index in [1.165, 1.54) is 6.92 Å². The summed E-state index contributed by atoms with van der Waals surface area (Å²) in [5.74, 6) is -1.26. The molecule has 0 bridgehead atoms. The Morgan fingerprint density at radius 3 is 2.59 bits per heavy atom. The van der Waals surface area contributed by atoms with Crippen molar-refractivity contribution in [2.24, 2.45) is 0 Å². The third-order valence-electron chi connectivity index (χ3n) is 2.30. The van der Waals surface area contributed by atoms with E-state index >= 15 is 0 Å². The van der Waals surface area contributed by atoms with E-state index in [0.29, 0.717) is 6.20 Å². The first-order valence-electron chi connectivity index (χ1n) is 4.46. The number of nitrogens with zero attached hydrogens (tertiary/aromatic N) is 3. The van der Waals surface area contributed by atoms with Gasteiger partial charge >= 0.3 is 12.1 Å².